The molecule has 30 heavy (non-hydrogen) atoms. The number of anilines is 1. The van der Waals surface area contributed by atoms with Gasteiger partial charge in [0.1, 0.15) is 9.88 Å². The molecule has 0 bridgehead atoms. The van der Waals surface area contributed by atoms with E-state index in [1.807, 2.05) is 0 Å². The quantitative estimate of drug-likeness (QED) is 0.624. The van der Waals surface area contributed by atoms with E-state index in [9.17, 15) is 14.4 Å². The molecule has 1 aromatic heterocycles. The molecule has 2 heterocycles. The molecular formula is C21H29N3O5S. The minimum atomic E-state index is -0.573. The van der Waals surface area contributed by atoms with Gasteiger partial charge in [-0.1, -0.05) is 0 Å². The minimum Gasteiger partial charge on any atom is -0.462 e. The van der Waals surface area contributed by atoms with Gasteiger partial charge in [-0.3, -0.25) is 4.79 Å². The fourth-order valence-corrected chi connectivity index (χ4v) is 4.43. The zero-order valence-electron chi connectivity index (χ0n) is 17.9. The number of thiophene rings is 1. The number of carbonyl (C=O) groups is 3. The highest BCUT2D eigenvalue weighted by Crippen LogP contribution is 2.35. The number of nitrogens with zero attached hydrogens (tertiary/aromatic N) is 2. The van der Waals surface area contributed by atoms with E-state index in [0.717, 1.165) is 24.4 Å². The Morgan fingerprint density at radius 3 is 2.50 bits per heavy atom. The molecular weight excluding hydrogens is 406 g/mol. The number of carbonyl (C=O) groups excluding carboxylic acids is 3. The van der Waals surface area contributed by atoms with E-state index in [1.54, 1.807) is 27.7 Å². The average Bonchev–Trinajstić information content (AvgIpc) is 3.02. The fourth-order valence-electron chi connectivity index (χ4n) is 3.35. The number of esters is 2. The third-order valence-electron chi connectivity index (χ3n) is 4.89. The molecule has 0 radical (unpaired) electrons. The predicted octanol–water partition coefficient (Wildman–Crippen LogP) is 3.36. The summed E-state index contributed by atoms with van der Waals surface area (Å²) >= 11 is 1.04. The van der Waals surface area contributed by atoms with Gasteiger partial charge in [-0.05, 0) is 59.2 Å². The van der Waals surface area contributed by atoms with Crippen molar-refractivity contribution >= 4 is 34.2 Å². The van der Waals surface area contributed by atoms with Crippen LogP contribution in [0.3, 0.4) is 0 Å². The Labute approximate surface area is 181 Å². The van der Waals surface area contributed by atoms with Crippen LogP contribution in [0, 0.1) is 24.2 Å². The summed E-state index contributed by atoms with van der Waals surface area (Å²) in [7, 11) is 0. The lowest BCUT2D eigenvalue weighted by Crippen LogP contribution is -2.38. The summed E-state index contributed by atoms with van der Waals surface area (Å²) in [5.74, 6) is -1.46. The molecule has 0 unspecified atom stereocenters. The molecule has 1 aliphatic rings. The van der Waals surface area contributed by atoms with Crippen LogP contribution in [0.4, 0.5) is 5.00 Å². The van der Waals surface area contributed by atoms with Crippen molar-refractivity contribution < 1.29 is 23.9 Å². The van der Waals surface area contributed by atoms with Gasteiger partial charge in [-0.15, -0.1) is 11.3 Å². The number of piperidine rings is 1. The molecule has 1 aliphatic heterocycles. The number of nitrogens with one attached hydrogen (secondary N) is 1. The molecule has 1 aromatic rings. The van der Waals surface area contributed by atoms with Crippen LogP contribution in [0.5, 0.6) is 0 Å². The average molecular weight is 436 g/mol. The normalized spacial score (nSPS) is 14.9. The van der Waals surface area contributed by atoms with Gasteiger partial charge in [0, 0.05) is 18.9 Å². The van der Waals surface area contributed by atoms with Gasteiger partial charge < -0.3 is 19.7 Å². The second-order valence-electron chi connectivity index (χ2n) is 7.45. The van der Waals surface area contributed by atoms with Crippen LogP contribution in [0.1, 0.15) is 65.6 Å². The maximum absolute atomic E-state index is 12.8. The molecule has 0 atom stereocenters. The van der Waals surface area contributed by atoms with Crippen LogP contribution >= 0.6 is 11.3 Å². The van der Waals surface area contributed by atoms with Gasteiger partial charge >= 0.3 is 11.9 Å². The molecule has 8 nitrogen and oxygen atoms in total. The van der Waals surface area contributed by atoms with E-state index in [2.05, 4.69) is 16.3 Å². The fraction of sp³-hybridized carbons (Fsp3) is 0.619. The minimum absolute atomic E-state index is 0.175. The Morgan fingerprint density at radius 1 is 1.27 bits per heavy atom. The standard InChI is InChI=1S/C21H29N3O5S/c1-5-28-20(26)16-14(4)17(21(27)29-13(2)3)30-19(16)23-18(25)15-7-11-24(12-8-15)10-6-9-22/h13,15H,5-8,10-12H2,1-4H3,(H,23,25). The third-order valence-corrected chi connectivity index (χ3v) is 6.08. The van der Waals surface area contributed by atoms with E-state index >= 15 is 0 Å². The summed E-state index contributed by atoms with van der Waals surface area (Å²) in [5.41, 5.74) is 0.656. The number of amides is 1. The summed E-state index contributed by atoms with van der Waals surface area (Å²) < 4.78 is 10.4. The Bertz CT molecular complexity index is 819. The van der Waals surface area contributed by atoms with Gasteiger partial charge in [0.15, 0.2) is 0 Å². The van der Waals surface area contributed by atoms with Gasteiger partial charge in [0.05, 0.1) is 24.3 Å². The highest BCUT2D eigenvalue weighted by Gasteiger charge is 2.30. The molecule has 164 valence electrons. The van der Waals surface area contributed by atoms with Crippen LogP contribution in [0.15, 0.2) is 0 Å². The van der Waals surface area contributed by atoms with E-state index in [4.69, 9.17) is 14.7 Å². The highest BCUT2D eigenvalue weighted by atomic mass is 32.1. The van der Waals surface area contributed by atoms with Crippen molar-refractivity contribution in [2.45, 2.75) is 53.1 Å². The number of likely N-dealkylation sites (tertiary alicyclic amines) is 1. The first kappa shape index (κ1) is 23.8. The number of ether oxygens (including phenoxy) is 2. The molecule has 1 N–H and O–H groups in total. The van der Waals surface area contributed by atoms with E-state index < -0.39 is 11.9 Å². The van der Waals surface area contributed by atoms with E-state index in [1.165, 1.54) is 0 Å². The van der Waals surface area contributed by atoms with Gasteiger partial charge in [-0.25, -0.2) is 9.59 Å². The Balaban J connectivity index is 2.17. The summed E-state index contributed by atoms with van der Waals surface area (Å²) in [5, 5.41) is 11.9. The van der Waals surface area contributed by atoms with Gasteiger partial charge in [0.2, 0.25) is 5.91 Å². The summed E-state index contributed by atoms with van der Waals surface area (Å²) in [4.78, 5) is 40.2. The summed E-state index contributed by atoms with van der Waals surface area (Å²) in [6.45, 7) is 9.25. The van der Waals surface area contributed by atoms with Crippen LogP contribution in [0.25, 0.3) is 0 Å². The highest BCUT2D eigenvalue weighted by molar-refractivity contribution is 7.18. The number of hydrogen-bond acceptors (Lipinski definition) is 8. The first-order valence-electron chi connectivity index (χ1n) is 10.2. The lowest BCUT2D eigenvalue weighted by molar-refractivity contribution is -0.121. The molecule has 2 rings (SSSR count). The molecule has 0 aromatic carbocycles. The van der Waals surface area contributed by atoms with Crippen molar-refractivity contribution in [3.63, 3.8) is 0 Å². The second-order valence-corrected chi connectivity index (χ2v) is 8.47. The summed E-state index contributed by atoms with van der Waals surface area (Å²) in [6.07, 6.45) is 1.54. The monoisotopic (exact) mass is 435 g/mol. The zero-order valence-corrected chi connectivity index (χ0v) is 18.8. The SMILES string of the molecule is CCOC(=O)c1c(NC(=O)C2CCN(CCC#N)CC2)sc(C(=O)OC(C)C)c1C. The number of nitriles is 1. The van der Waals surface area contributed by atoms with Crippen LogP contribution in [0.2, 0.25) is 0 Å². The smallest absolute Gasteiger partial charge is 0.348 e. The lowest BCUT2D eigenvalue weighted by atomic mass is 9.96. The molecule has 9 heteroatoms. The molecule has 1 fully saturated rings. The summed E-state index contributed by atoms with van der Waals surface area (Å²) in [6, 6.07) is 2.14. The van der Waals surface area contributed by atoms with Crippen molar-refractivity contribution in [2.75, 3.05) is 31.6 Å². The topological polar surface area (TPSA) is 109 Å². The zero-order chi connectivity index (χ0) is 22.3. The lowest BCUT2D eigenvalue weighted by Gasteiger charge is -2.30. The van der Waals surface area contributed by atoms with E-state index in [-0.39, 0.29) is 35.0 Å². The first-order chi connectivity index (χ1) is 14.3. The maximum Gasteiger partial charge on any atom is 0.348 e. The number of hydrogen-bond donors (Lipinski definition) is 1. The van der Waals surface area contributed by atoms with Gasteiger partial charge in [0.25, 0.3) is 0 Å². The Hall–Kier alpha value is -2.44. The Kier molecular flexibility index (Phi) is 8.81. The predicted molar refractivity (Wildman–Crippen MR) is 114 cm³/mol. The third kappa shape index (κ3) is 6.03. The Morgan fingerprint density at radius 2 is 1.93 bits per heavy atom. The molecule has 1 amide bonds. The van der Waals surface area contributed by atoms with E-state index in [0.29, 0.717) is 36.4 Å². The first-order valence-corrected chi connectivity index (χ1v) is 11.0. The molecule has 0 spiro atoms. The second kappa shape index (κ2) is 11.1. The molecule has 0 aliphatic carbocycles. The molecule has 1 saturated heterocycles. The largest absolute Gasteiger partial charge is 0.462 e. The maximum atomic E-state index is 12.8. The van der Waals surface area contributed by atoms with Crippen molar-refractivity contribution in [1.82, 2.24) is 4.90 Å². The number of rotatable bonds is 8. The van der Waals surface area contributed by atoms with Crippen molar-refractivity contribution in [3.05, 3.63) is 16.0 Å². The van der Waals surface area contributed by atoms with Crippen molar-refractivity contribution in [1.29, 1.82) is 5.26 Å². The van der Waals surface area contributed by atoms with Crippen LogP contribution in [-0.2, 0) is 14.3 Å². The van der Waals surface area contributed by atoms with Crippen molar-refractivity contribution in [2.24, 2.45) is 5.92 Å². The van der Waals surface area contributed by atoms with Crippen LogP contribution < -0.4 is 5.32 Å². The van der Waals surface area contributed by atoms with Gasteiger partial charge in [-0.2, -0.15) is 5.26 Å². The van der Waals surface area contributed by atoms with Crippen molar-refractivity contribution in [3.8, 4) is 6.07 Å². The molecule has 0 saturated carbocycles. The van der Waals surface area contributed by atoms with Crippen LogP contribution in [-0.4, -0.2) is 55.1 Å².